The van der Waals surface area contributed by atoms with Gasteiger partial charge in [-0.15, -0.1) is 0 Å². The molecule has 1 N–H and O–H groups in total. The van der Waals surface area contributed by atoms with E-state index in [1.54, 1.807) is 7.11 Å². The molecule has 0 amide bonds. The monoisotopic (exact) mass is 341 g/mol. The Bertz CT molecular complexity index is 470. The number of hydrogen-bond acceptors (Lipinski definition) is 3. The van der Waals surface area contributed by atoms with Crippen molar-refractivity contribution in [2.45, 2.75) is 31.7 Å². The topological polar surface area (TPSA) is 49.8 Å². The van der Waals surface area contributed by atoms with Gasteiger partial charge in [0.25, 0.3) is 0 Å². The summed E-state index contributed by atoms with van der Waals surface area (Å²) in [5.74, 6) is -0.0716. The largest absolute Gasteiger partial charge is 0.496 e. The Labute approximate surface area is 127 Å². The maximum Gasteiger partial charge on any atom is 0.325 e. The van der Waals surface area contributed by atoms with Crippen LogP contribution in [0.1, 0.15) is 37.3 Å². The van der Waals surface area contributed by atoms with Gasteiger partial charge in [-0.25, -0.2) is 0 Å². The van der Waals surface area contributed by atoms with Crippen LogP contribution in [0.25, 0.3) is 0 Å². The molecule has 1 aromatic carbocycles. The van der Waals surface area contributed by atoms with Gasteiger partial charge < -0.3 is 9.84 Å². The molecule has 2 rings (SSSR count). The second-order valence-corrected chi connectivity index (χ2v) is 5.94. The van der Waals surface area contributed by atoms with Crippen molar-refractivity contribution in [2.75, 3.05) is 20.2 Å². The quantitative estimate of drug-likeness (QED) is 0.910. The molecule has 1 heterocycles. The van der Waals surface area contributed by atoms with E-state index in [1.807, 2.05) is 18.2 Å². The number of carbonyl (C=O) groups is 1. The van der Waals surface area contributed by atoms with E-state index in [2.05, 4.69) is 20.8 Å². The van der Waals surface area contributed by atoms with Gasteiger partial charge in [0, 0.05) is 0 Å². The Balaban J connectivity index is 2.27. The van der Waals surface area contributed by atoms with Crippen LogP contribution in [0.4, 0.5) is 0 Å². The van der Waals surface area contributed by atoms with Crippen molar-refractivity contribution in [3.05, 3.63) is 28.2 Å². The Kier molecular flexibility index (Phi) is 5.43. The van der Waals surface area contributed by atoms with Crippen molar-refractivity contribution in [2.24, 2.45) is 0 Å². The van der Waals surface area contributed by atoms with E-state index in [0.29, 0.717) is 5.75 Å². The molecule has 110 valence electrons. The van der Waals surface area contributed by atoms with Crippen LogP contribution >= 0.6 is 15.9 Å². The molecule has 0 saturated carbocycles. The number of nitrogens with zero attached hydrogens (tertiary/aromatic N) is 1. The molecule has 0 bridgehead atoms. The van der Waals surface area contributed by atoms with Crippen LogP contribution in [0.15, 0.2) is 22.7 Å². The number of methoxy groups -OCH3 is 1. The number of likely N-dealkylation sites (tertiary alicyclic amines) is 1. The Morgan fingerprint density at radius 3 is 2.45 bits per heavy atom. The van der Waals surface area contributed by atoms with Gasteiger partial charge in [0.1, 0.15) is 11.8 Å². The van der Waals surface area contributed by atoms with Crippen molar-refractivity contribution in [3.63, 3.8) is 0 Å². The van der Waals surface area contributed by atoms with Gasteiger partial charge in [-0.2, -0.15) is 0 Å². The SMILES string of the molecule is COc1ccc(C(C(=O)O)N2CCCCCC2)cc1Br. The first-order valence-electron chi connectivity index (χ1n) is 6.94. The molecule has 20 heavy (non-hydrogen) atoms. The molecular weight excluding hydrogens is 322 g/mol. The van der Waals surface area contributed by atoms with E-state index in [1.165, 1.54) is 12.8 Å². The molecule has 1 unspecified atom stereocenters. The van der Waals surface area contributed by atoms with Crippen LogP contribution in [-0.2, 0) is 4.79 Å². The second kappa shape index (κ2) is 7.09. The van der Waals surface area contributed by atoms with Crippen molar-refractivity contribution in [3.8, 4) is 5.75 Å². The predicted molar refractivity (Wildman–Crippen MR) is 81.1 cm³/mol. The summed E-state index contributed by atoms with van der Waals surface area (Å²) in [6, 6.07) is 4.93. The third-order valence-electron chi connectivity index (χ3n) is 3.73. The maximum atomic E-state index is 11.7. The highest BCUT2D eigenvalue weighted by Crippen LogP contribution is 2.31. The van der Waals surface area contributed by atoms with Gasteiger partial charge in [-0.1, -0.05) is 18.9 Å². The van der Waals surface area contributed by atoms with Crippen LogP contribution in [0.3, 0.4) is 0 Å². The maximum absolute atomic E-state index is 11.7. The number of hydrogen-bond donors (Lipinski definition) is 1. The molecule has 1 aliphatic rings. The van der Waals surface area contributed by atoms with E-state index >= 15 is 0 Å². The number of aliphatic carboxylic acids is 1. The minimum atomic E-state index is -0.788. The van der Waals surface area contributed by atoms with Crippen molar-refractivity contribution in [1.82, 2.24) is 4.90 Å². The molecular formula is C15H20BrNO3. The number of ether oxygens (including phenoxy) is 1. The summed E-state index contributed by atoms with van der Waals surface area (Å²) in [7, 11) is 1.60. The summed E-state index contributed by atoms with van der Waals surface area (Å²) in [6.07, 6.45) is 4.52. The van der Waals surface area contributed by atoms with Gasteiger partial charge in [-0.05, 0) is 59.6 Å². The summed E-state index contributed by atoms with van der Waals surface area (Å²) < 4.78 is 5.99. The fourth-order valence-corrected chi connectivity index (χ4v) is 3.27. The number of benzene rings is 1. The van der Waals surface area contributed by atoms with E-state index in [-0.39, 0.29) is 0 Å². The van der Waals surface area contributed by atoms with Gasteiger partial charge in [0.15, 0.2) is 0 Å². The molecule has 1 aliphatic heterocycles. The van der Waals surface area contributed by atoms with Gasteiger partial charge in [-0.3, -0.25) is 9.69 Å². The van der Waals surface area contributed by atoms with Crippen molar-refractivity contribution in [1.29, 1.82) is 0 Å². The van der Waals surface area contributed by atoms with E-state index in [9.17, 15) is 9.90 Å². The number of halogens is 1. The minimum Gasteiger partial charge on any atom is -0.496 e. The van der Waals surface area contributed by atoms with Crippen molar-refractivity contribution >= 4 is 21.9 Å². The van der Waals surface area contributed by atoms with Gasteiger partial charge >= 0.3 is 5.97 Å². The van der Waals surface area contributed by atoms with E-state index in [0.717, 1.165) is 36.0 Å². The highest BCUT2D eigenvalue weighted by Gasteiger charge is 2.28. The first-order chi connectivity index (χ1) is 9.63. The molecule has 1 saturated heterocycles. The molecule has 1 atom stereocenters. The van der Waals surface area contributed by atoms with Crippen LogP contribution in [-0.4, -0.2) is 36.2 Å². The molecule has 5 heteroatoms. The molecule has 1 aromatic rings. The lowest BCUT2D eigenvalue weighted by Gasteiger charge is -2.28. The zero-order chi connectivity index (χ0) is 14.5. The van der Waals surface area contributed by atoms with E-state index in [4.69, 9.17) is 4.74 Å². The predicted octanol–water partition coefficient (Wildman–Crippen LogP) is 3.46. The molecule has 0 aliphatic carbocycles. The first-order valence-corrected chi connectivity index (χ1v) is 7.73. The van der Waals surface area contributed by atoms with Gasteiger partial charge in [0.05, 0.1) is 11.6 Å². The van der Waals surface area contributed by atoms with Gasteiger partial charge in [0.2, 0.25) is 0 Å². The molecule has 1 fully saturated rings. The zero-order valence-corrected chi connectivity index (χ0v) is 13.2. The molecule has 0 radical (unpaired) electrons. The highest BCUT2D eigenvalue weighted by molar-refractivity contribution is 9.10. The summed E-state index contributed by atoms with van der Waals surface area (Å²) in [4.78, 5) is 13.8. The molecule has 0 aromatic heterocycles. The van der Waals surface area contributed by atoms with E-state index < -0.39 is 12.0 Å². The number of carboxylic acid groups (broad SMARTS) is 1. The zero-order valence-electron chi connectivity index (χ0n) is 11.6. The van der Waals surface area contributed by atoms with Crippen LogP contribution in [0.2, 0.25) is 0 Å². The highest BCUT2D eigenvalue weighted by atomic mass is 79.9. The minimum absolute atomic E-state index is 0.574. The van der Waals surface area contributed by atoms with Crippen LogP contribution in [0, 0.1) is 0 Å². The normalized spacial score (nSPS) is 18.3. The Morgan fingerprint density at radius 2 is 1.95 bits per heavy atom. The fourth-order valence-electron chi connectivity index (χ4n) is 2.72. The summed E-state index contributed by atoms with van der Waals surface area (Å²) in [6.45, 7) is 1.70. The number of rotatable bonds is 4. The fraction of sp³-hybridized carbons (Fsp3) is 0.533. The average Bonchev–Trinajstić information content (AvgIpc) is 2.68. The Morgan fingerprint density at radius 1 is 1.30 bits per heavy atom. The molecule has 0 spiro atoms. The lowest BCUT2D eigenvalue weighted by atomic mass is 10.0. The molecule has 4 nitrogen and oxygen atoms in total. The third kappa shape index (κ3) is 3.52. The first kappa shape index (κ1) is 15.3. The second-order valence-electron chi connectivity index (χ2n) is 5.08. The average molecular weight is 342 g/mol. The summed E-state index contributed by atoms with van der Waals surface area (Å²) >= 11 is 3.43. The smallest absolute Gasteiger partial charge is 0.325 e. The lowest BCUT2D eigenvalue weighted by Crippen LogP contribution is -2.34. The number of carboxylic acids is 1. The standard InChI is InChI=1S/C15H20BrNO3/c1-20-13-7-6-11(10-12(13)16)14(15(18)19)17-8-4-2-3-5-9-17/h6-7,10,14H,2-5,8-9H2,1H3,(H,18,19). The Hall–Kier alpha value is -1.07. The summed E-state index contributed by atoms with van der Waals surface area (Å²) in [5, 5.41) is 9.60. The van der Waals surface area contributed by atoms with Crippen LogP contribution in [0.5, 0.6) is 5.75 Å². The lowest BCUT2D eigenvalue weighted by molar-refractivity contribution is -0.143. The summed E-state index contributed by atoms with van der Waals surface area (Å²) in [5.41, 5.74) is 0.798. The van der Waals surface area contributed by atoms with Crippen molar-refractivity contribution < 1.29 is 14.6 Å². The van der Waals surface area contributed by atoms with Crippen LogP contribution < -0.4 is 4.74 Å². The third-order valence-corrected chi connectivity index (χ3v) is 4.35.